The molecule has 4 saturated carbocycles. The first-order valence-electron chi connectivity index (χ1n) is 17.2. The topological polar surface area (TPSA) is 29.5 Å². The molecular weight excluding hydrogens is 509 g/mol. The molecule has 230 valence electrons. The van der Waals surface area contributed by atoms with Gasteiger partial charge in [0.15, 0.2) is 0 Å². The van der Waals surface area contributed by atoms with E-state index in [1.807, 2.05) is 0 Å². The van der Waals surface area contributed by atoms with E-state index in [2.05, 4.69) is 13.5 Å². The van der Waals surface area contributed by atoms with Crippen LogP contribution in [-0.2, 0) is 4.74 Å². The van der Waals surface area contributed by atoms with Crippen molar-refractivity contribution in [1.82, 2.24) is 0 Å². The maximum absolute atomic E-state index is 14.1. The van der Waals surface area contributed by atoms with Crippen molar-refractivity contribution in [1.29, 1.82) is 0 Å². The lowest BCUT2D eigenvalue weighted by Gasteiger charge is -2.47. The lowest BCUT2D eigenvalue weighted by atomic mass is 9.58. The zero-order chi connectivity index (χ0) is 28.3. The fourth-order valence-electron chi connectivity index (χ4n) is 10.1. The van der Waals surface area contributed by atoms with Gasteiger partial charge in [0.25, 0.3) is 0 Å². The number of aliphatic hydroxyl groups is 1. The number of allylic oxidation sites excluding steroid dienone is 1. The Balaban J connectivity index is 1.11. The van der Waals surface area contributed by atoms with Gasteiger partial charge in [-0.15, -0.1) is 0 Å². The van der Waals surface area contributed by atoms with E-state index in [0.717, 1.165) is 70.0 Å². The summed E-state index contributed by atoms with van der Waals surface area (Å²) in [7, 11) is 0. The number of rotatable bonds is 8. The van der Waals surface area contributed by atoms with Crippen LogP contribution in [0.25, 0.3) is 0 Å². The van der Waals surface area contributed by atoms with E-state index >= 15 is 0 Å². The van der Waals surface area contributed by atoms with Gasteiger partial charge in [0.05, 0.1) is 12.0 Å². The minimum absolute atomic E-state index is 0.0975. The van der Waals surface area contributed by atoms with Crippen LogP contribution in [0.2, 0.25) is 0 Å². The summed E-state index contributed by atoms with van der Waals surface area (Å²) >= 11 is 0. The Morgan fingerprint density at radius 3 is 2.35 bits per heavy atom. The van der Waals surface area contributed by atoms with Gasteiger partial charge in [-0.2, -0.15) is 13.2 Å². The zero-order valence-electron chi connectivity index (χ0n) is 25.2. The largest absolute Gasteiger partial charge is 0.393 e. The Morgan fingerprint density at radius 1 is 0.850 bits per heavy atom. The molecule has 0 aromatic heterocycles. The highest BCUT2D eigenvalue weighted by Crippen LogP contribution is 2.52. The molecule has 0 radical (unpaired) electrons. The average molecular weight is 567 g/mol. The molecule has 5 fully saturated rings. The van der Waals surface area contributed by atoms with Crippen LogP contribution in [0.5, 0.6) is 0 Å². The van der Waals surface area contributed by atoms with Crippen LogP contribution in [0.3, 0.4) is 0 Å². The van der Waals surface area contributed by atoms with Crippen LogP contribution in [0, 0.1) is 59.2 Å². The molecule has 0 amide bonds. The molecule has 10 unspecified atom stereocenters. The van der Waals surface area contributed by atoms with Crippen LogP contribution in [-0.4, -0.2) is 30.6 Å². The normalized spacial score (nSPS) is 40.9. The van der Waals surface area contributed by atoms with E-state index in [0.29, 0.717) is 48.9 Å². The maximum Gasteiger partial charge on any atom is 0.392 e. The Labute approximate surface area is 242 Å². The number of fused-ring (bicyclic) bond motifs is 1. The summed E-state index contributed by atoms with van der Waals surface area (Å²) in [5.74, 6) is 3.17. The first-order chi connectivity index (χ1) is 19.2. The predicted octanol–water partition coefficient (Wildman–Crippen LogP) is 9.75. The third-order valence-electron chi connectivity index (χ3n) is 12.7. The van der Waals surface area contributed by atoms with Crippen LogP contribution in [0.4, 0.5) is 13.2 Å². The molecule has 0 aromatic carbocycles. The molecule has 1 saturated heterocycles. The molecule has 1 N–H and O–H groups in total. The number of hydrogen-bond donors (Lipinski definition) is 1. The summed E-state index contributed by atoms with van der Waals surface area (Å²) < 4.78 is 47.8. The fraction of sp³-hybridized carbons (Fsp3) is 0.943. The number of aliphatic hydroxyl groups excluding tert-OH is 1. The Morgan fingerprint density at radius 2 is 1.60 bits per heavy atom. The fourth-order valence-corrected chi connectivity index (χ4v) is 10.1. The Bertz CT molecular complexity index is 805. The lowest BCUT2D eigenvalue weighted by Crippen LogP contribution is -2.39. The first kappa shape index (κ1) is 30.9. The molecule has 5 heteroatoms. The van der Waals surface area contributed by atoms with E-state index in [1.165, 1.54) is 50.5 Å². The van der Waals surface area contributed by atoms with Gasteiger partial charge in [0.1, 0.15) is 0 Å². The van der Waals surface area contributed by atoms with E-state index in [1.54, 1.807) is 0 Å². The molecular formula is C35H57F3O2. The third kappa shape index (κ3) is 7.69. The van der Waals surface area contributed by atoms with Gasteiger partial charge in [-0.25, -0.2) is 0 Å². The molecule has 1 heterocycles. The number of ether oxygens (including phenoxy) is 1. The minimum atomic E-state index is -4.11. The second kappa shape index (κ2) is 13.8. The van der Waals surface area contributed by atoms with Gasteiger partial charge in [-0.1, -0.05) is 51.2 Å². The molecule has 5 aliphatic rings. The van der Waals surface area contributed by atoms with Crippen molar-refractivity contribution in [2.45, 2.75) is 135 Å². The first-order valence-corrected chi connectivity index (χ1v) is 17.2. The predicted molar refractivity (Wildman–Crippen MR) is 156 cm³/mol. The summed E-state index contributed by atoms with van der Waals surface area (Å²) in [6, 6.07) is 0. The summed E-state index contributed by atoms with van der Waals surface area (Å²) in [5, 5.41) is 11.3. The molecule has 5 rings (SSSR count). The molecule has 10 atom stereocenters. The monoisotopic (exact) mass is 566 g/mol. The van der Waals surface area contributed by atoms with Gasteiger partial charge in [-0.05, 0) is 137 Å². The molecule has 1 aliphatic heterocycles. The van der Waals surface area contributed by atoms with Crippen molar-refractivity contribution >= 4 is 0 Å². The highest BCUT2D eigenvalue weighted by Gasteiger charge is 2.48. The third-order valence-corrected chi connectivity index (χ3v) is 12.7. The lowest BCUT2D eigenvalue weighted by molar-refractivity contribution is -0.202. The Kier molecular flexibility index (Phi) is 10.7. The van der Waals surface area contributed by atoms with Crippen molar-refractivity contribution in [3.8, 4) is 0 Å². The van der Waals surface area contributed by atoms with Crippen LogP contribution < -0.4 is 0 Å². The number of alkyl halides is 3. The highest BCUT2D eigenvalue weighted by atomic mass is 19.4. The standard InChI is InChI=1S/C35H57F3O2/c1-23-7-11-30(22-31(23)32-21-29-6-4-3-5-28(29)19-24(32)2)34(39)14-10-26-9-13-27(33(20-26)35(36,37)38)12-8-25-15-17-40-18-16-25/h23,25-34,39H,2-22H2,1H3. The van der Waals surface area contributed by atoms with Gasteiger partial charge < -0.3 is 9.84 Å². The number of hydrogen-bond acceptors (Lipinski definition) is 2. The van der Waals surface area contributed by atoms with Crippen molar-refractivity contribution < 1.29 is 23.0 Å². The smallest absolute Gasteiger partial charge is 0.392 e. The second-order valence-corrected chi connectivity index (χ2v) is 15.1. The van der Waals surface area contributed by atoms with Crippen LogP contribution in [0.1, 0.15) is 122 Å². The zero-order valence-corrected chi connectivity index (χ0v) is 25.2. The SMILES string of the molecule is C=C1CC2CCCCC2CC1C1CC(C(O)CCC2CCC(CCC3CCOCC3)C(C(F)(F)F)C2)CCC1C. The van der Waals surface area contributed by atoms with Crippen molar-refractivity contribution in [3.63, 3.8) is 0 Å². The summed E-state index contributed by atoms with van der Waals surface area (Å²) in [6.07, 6.45) is 13.8. The van der Waals surface area contributed by atoms with E-state index in [-0.39, 0.29) is 24.4 Å². The van der Waals surface area contributed by atoms with Gasteiger partial charge in [-0.3, -0.25) is 0 Å². The van der Waals surface area contributed by atoms with Crippen LogP contribution >= 0.6 is 0 Å². The Hall–Kier alpha value is -0.550. The van der Waals surface area contributed by atoms with E-state index < -0.39 is 12.1 Å². The second-order valence-electron chi connectivity index (χ2n) is 15.1. The summed E-state index contributed by atoms with van der Waals surface area (Å²) in [5.41, 5.74) is 1.47. The van der Waals surface area contributed by atoms with E-state index in [4.69, 9.17) is 4.74 Å². The maximum atomic E-state index is 14.1. The van der Waals surface area contributed by atoms with E-state index in [9.17, 15) is 18.3 Å². The van der Waals surface area contributed by atoms with Crippen LogP contribution in [0.15, 0.2) is 12.2 Å². The van der Waals surface area contributed by atoms with Crippen molar-refractivity contribution in [2.75, 3.05) is 13.2 Å². The molecule has 0 bridgehead atoms. The highest BCUT2D eigenvalue weighted by molar-refractivity contribution is 5.11. The molecule has 0 spiro atoms. The van der Waals surface area contributed by atoms with Gasteiger partial charge >= 0.3 is 6.18 Å². The van der Waals surface area contributed by atoms with Gasteiger partial charge in [0.2, 0.25) is 0 Å². The van der Waals surface area contributed by atoms with Crippen molar-refractivity contribution in [3.05, 3.63) is 12.2 Å². The number of halogens is 3. The van der Waals surface area contributed by atoms with Crippen molar-refractivity contribution in [2.24, 2.45) is 59.2 Å². The minimum Gasteiger partial charge on any atom is -0.393 e. The molecule has 0 aromatic rings. The molecule has 40 heavy (non-hydrogen) atoms. The van der Waals surface area contributed by atoms with Gasteiger partial charge in [0, 0.05) is 13.2 Å². The quantitative estimate of drug-likeness (QED) is 0.296. The molecule has 4 aliphatic carbocycles. The average Bonchev–Trinajstić information content (AvgIpc) is 2.95. The summed E-state index contributed by atoms with van der Waals surface area (Å²) in [6.45, 7) is 8.51. The molecule has 2 nitrogen and oxygen atoms in total. The summed E-state index contributed by atoms with van der Waals surface area (Å²) in [4.78, 5) is 0.